The van der Waals surface area contributed by atoms with E-state index in [1.807, 2.05) is 66.9 Å². The van der Waals surface area contributed by atoms with E-state index in [1.165, 1.54) is 17.5 Å². The smallest absolute Gasteiger partial charge is 0.282 e. The summed E-state index contributed by atoms with van der Waals surface area (Å²) in [6.07, 6.45) is 13.3. The second-order valence-electron chi connectivity index (χ2n) is 22.4. The first-order chi connectivity index (χ1) is 36.4. The van der Waals surface area contributed by atoms with E-state index in [2.05, 4.69) is 48.3 Å². The minimum atomic E-state index is -0.838. The van der Waals surface area contributed by atoms with E-state index in [-0.39, 0.29) is 53.6 Å². The fraction of sp³-hybridized carbons (Fsp3) is 0.517. The lowest BCUT2D eigenvalue weighted by Crippen LogP contribution is -2.51. The van der Waals surface area contributed by atoms with Crippen LogP contribution in [0.3, 0.4) is 0 Å². The zero-order chi connectivity index (χ0) is 51.5. The van der Waals surface area contributed by atoms with E-state index in [9.17, 15) is 24.3 Å². The molecular weight excluding hydrogens is 984 g/mol. The maximum Gasteiger partial charge on any atom is 0.282 e. The van der Waals surface area contributed by atoms with Gasteiger partial charge in [0.2, 0.25) is 17.7 Å². The number of carbonyl (C=O) groups excluding carboxylic acids is 3. The average Bonchev–Trinajstić information content (AvgIpc) is 3.70. The van der Waals surface area contributed by atoms with E-state index in [1.54, 1.807) is 27.0 Å². The summed E-state index contributed by atoms with van der Waals surface area (Å²) in [7, 11) is 0. The van der Waals surface area contributed by atoms with Gasteiger partial charge >= 0.3 is 0 Å². The minimum absolute atomic E-state index is 0.0588. The first-order valence-electron chi connectivity index (χ1n) is 27.5. The number of nitrogens with zero attached hydrogens (tertiary/aromatic N) is 9. The molecule has 0 radical (unpaired) electrons. The van der Waals surface area contributed by atoms with Crippen molar-refractivity contribution in [3.8, 4) is 16.1 Å². The van der Waals surface area contributed by atoms with Crippen molar-refractivity contribution in [2.75, 3.05) is 39.3 Å². The van der Waals surface area contributed by atoms with Crippen LogP contribution in [0.25, 0.3) is 27.0 Å². The maximum atomic E-state index is 14.9. The average molecular weight is 1050 g/mol. The Morgan fingerprint density at radius 3 is 2.44 bits per heavy atom. The first kappa shape index (κ1) is 50.0. The molecule has 6 aromatic rings. The van der Waals surface area contributed by atoms with E-state index < -0.39 is 18.2 Å². The van der Waals surface area contributed by atoms with Gasteiger partial charge in [0, 0.05) is 44.6 Å². The van der Waals surface area contributed by atoms with Crippen molar-refractivity contribution in [1.82, 2.24) is 49.5 Å². The number of amides is 3. The van der Waals surface area contributed by atoms with Crippen molar-refractivity contribution in [1.29, 1.82) is 0 Å². The summed E-state index contributed by atoms with van der Waals surface area (Å²) in [6, 6.07) is 19.0. The maximum absolute atomic E-state index is 14.9. The molecule has 12 rings (SSSR count). The highest BCUT2D eigenvalue weighted by Crippen LogP contribution is 2.52. The molecule has 15 nitrogen and oxygen atoms in total. The predicted molar refractivity (Wildman–Crippen MR) is 289 cm³/mol. The third-order valence-electron chi connectivity index (χ3n) is 17.7. The number of hydrogen-bond donors (Lipinski definition) is 2. The fourth-order valence-corrected chi connectivity index (χ4v) is 14.5. The number of fused-ring (bicyclic) bond motifs is 7. The molecule has 6 aliphatic rings. The van der Waals surface area contributed by atoms with Gasteiger partial charge in [-0.05, 0) is 144 Å². The van der Waals surface area contributed by atoms with Gasteiger partial charge in [-0.1, -0.05) is 78.5 Å². The van der Waals surface area contributed by atoms with Gasteiger partial charge in [-0.25, -0.2) is 9.67 Å². The Morgan fingerprint density at radius 2 is 1.71 bits per heavy atom. The summed E-state index contributed by atoms with van der Waals surface area (Å²) in [5.41, 5.74) is 9.80. The van der Waals surface area contributed by atoms with Crippen LogP contribution < -0.4 is 10.9 Å². The normalized spacial score (nSPS) is 21.9. The number of nitrogens with one attached hydrogen (secondary N) is 1. The third-order valence-corrected chi connectivity index (χ3v) is 19.0. The van der Waals surface area contributed by atoms with E-state index in [4.69, 9.17) is 16.6 Å². The Hall–Kier alpha value is -5.81. The number of thiazole rings is 1. The van der Waals surface area contributed by atoms with Gasteiger partial charge < -0.3 is 25.1 Å². The Kier molecular flexibility index (Phi) is 13.8. The summed E-state index contributed by atoms with van der Waals surface area (Å²) in [5, 5.41) is 24.0. The van der Waals surface area contributed by atoms with Crippen LogP contribution in [-0.4, -0.2) is 118 Å². The number of aliphatic hydroxyl groups excluding tert-OH is 1. The predicted octanol–water partition coefficient (Wildman–Crippen LogP) is 8.78. The molecule has 3 aromatic carbocycles. The quantitative estimate of drug-likeness (QED) is 0.114. The molecule has 2 N–H and O–H groups in total. The lowest BCUT2D eigenvalue weighted by molar-refractivity contribution is -0.144. The standard InChI is InChI=1S/C58H67ClN10O5S/c1-35(37-11-15-41(16-12-37)53-36(2)60-34-75-53)61-54(72)49-31-43(70)32-67(49)56(74)52(68-33-46(63-64-68)39-13-14-39)40-21-28-66(29-22-40)50(71)10-7-25-65-26-19-38(20-27-65)42-17-18-44-48(30-42)69-47-9-6-8-45(59)51(47)55(73)62-57(69)58(44)23-4-3-5-24-58/h6,8-9,11-12,15-18,30,33-35,38-40,43,49,52,70H,3-5,7,10,13-14,19-29,31-32H2,1-2H3,(H,61,72)/t35-,43+,49-,52-/m0/s1. The van der Waals surface area contributed by atoms with Crippen molar-refractivity contribution >= 4 is 51.6 Å². The fourth-order valence-electron chi connectivity index (χ4n) is 13.4. The van der Waals surface area contributed by atoms with E-state index in [0.29, 0.717) is 54.6 Å². The zero-order valence-electron chi connectivity index (χ0n) is 43.0. The highest BCUT2D eigenvalue weighted by atomic mass is 35.5. The van der Waals surface area contributed by atoms with Gasteiger partial charge in [0.1, 0.15) is 17.9 Å². The molecule has 0 bridgehead atoms. The third kappa shape index (κ3) is 9.52. The molecule has 3 amide bonds. The molecule has 1 spiro atoms. The number of likely N-dealkylation sites (tertiary alicyclic amines) is 3. The molecule has 17 heteroatoms. The highest BCUT2D eigenvalue weighted by Gasteiger charge is 2.48. The topological polar surface area (TPSA) is 172 Å². The second kappa shape index (κ2) is 20.6. The van der Waals surface area contributed by atoms with Gasteiger partial charge in [-0.2, -0.15) is 4.98 Å². The minimum Gasteiger partial charge on any atom is -0.391 e. The molecule has 5 fully saturated rings. The monoisotopic (exact) mass is 1050 g/mol. The van der Waals surface area contributed by atoms with Crippen LogP contribution in [0, 0.1) is 12.8 Å². The summed E-state index contributed by atoms with van der Waals surface area (Å²) in [5.74, 6) is 1.10. The number of benzene rings is 3. The van der Waals surface area contributed by atoms with Crippen LogP contribution >= 0.6 is 22.9 Å². The second-order valence-corrected chi connectivity index (χ2v) is 23.7. The number of halogens is 1. The Labute approximate surface area is 446 Å². The lowest BCUT2D eigenvalue weighted by atomic mass is 9.69. The summed E-state index contributed by atoms with van der Waals surface area (Å²) < 4.78 is 3.94. The number of carbonyl (C=O) groups is 3. The van der Waals surface area contributed by atoms with Gasteiger partial charge in [0.05, 0.1) is 60.9 Å². The molecule has 2 aliphatic carbocycles. The largest absolute Gasteiger partial charge is 0.391 e. The van der Waals surface area contributed by atoms with Crippen molar-refractivity contribution in [2.45, 2.75) is 145 Å². The lowest BCUT2D eigenvalue weighted by Gasteiger charge is -2.37. The molecule has 4 atom stereocenters. The summed E-state index contributed by atoms with van der Waals surface area (Å²) >= 11 is 8.23. The molecule has 2 saturated carbocycles. The molecule has 3 aromatic heterocycles. The van der Waals surface area contributed by atoms with Crippen LogP contribution in [-0.2, 0) is 19.8 Å². The number of aromatic nitrogens is 6. The van der Waals surface area contributed by atoms with Crippen LogP contribution in [0.15, 0.2) is 77.2 Å². The Balaban J connectivity index is 0.657. The molecule has 392 valence electrons. The van der Waals surface area contributed by atoms with Gasteiger partial charge in [0.25, 0.3) is 5.56 Å². The van der Waals surface area contributed by atoms with Crippen LogP contribution in [0.4, 0.5) is 0 Å². The van der Waals surface area contributed by atoms with Crippen molar-refractivity contribution in [3.05, 3.63) is 122 Å². The number of β-amino-alcohol motifs (C(OH)–C–C–N with tert-alkyl or cyclic N) is 1. The number of rotatable bonds is 13. The number of aliphatic hydroxyl groups is 1. The molecular formula is C58H67ClN10O5S. The van der Waals surface area contributed by atoms with Crippen molar-refractivity contribution in [2.24, 2.45) is 5.92 Å². The number of piperidine rings is 2. The van der Waals surface area contributed by atoms with Crippen LogP contribution in [0.5, 0.6) is 0 Å². The molecule has 0 unspecified atom stereocenters. The molecule has 4 aliphatic heterocycles. The first-order valence-corrected chi connectivity index (χ1v) is 28.8. The molecule has 7 heterocycles. The number of aryl methyl sites for hydroxylation is 1. The summed E-state index contributed by atoms with van der Waals surface area (Å²) in [6.45, 7) is 7.85. The number of hydrogen-bond acceptors (Lipinski definition) is 11. The zero-order valence-corrected chi connectivity index (χ0v) is 44.6. The van der Waals surface area contributed by atoms with E-state index in [0.717, 1.165) is 122 Å². The molecule has 75 heavy (non-hydrogen) atoms. The van der Waals surface area contributed by atoms with Crippen LogP contribution in [0.2, 0.25) is 5.02 Å². The van der Waals surface area contributed by atoms with Crippen LogP contribution in [0.1, 0.15) is 155 Å². The van der Waals surface area contributed by atoms with Crippen molar-refractivity contribution in [3.63, 3.8) is 0 Å². The SMILES string of the molecule is Cc1ncsc1-c1ccc([C@H](C)NC(=O)[C@@H]2C[C@@H](O)CN2C(=O)[C@H](C2CCN(C(=O)CCCN3CCC(c4ccc5c(c4)-n4c(nc(=O)c6c(Cl)cccc64)C54CCCCC4)CC3)CC2)n2cc(C3CC3)nn2)cc1. The highest BCUT2D eigenvalue weighted by molar-refractivity contribution is 7.13. The summed E-state index contributed by atoms with van der Waals surface area (Å²) in [4.78, 5) is 72.5. The van der Waals surface area contributed by atoms with Gasteiger partial charge in [-0.15, -0.1) is 16.4 Å². The van der Waals surface area contributed by atoms with Gasteiger partial charge in [-0.3, -0.25) is 23.7 Å². The van der Waals surface area contributed by atoms with E-state index >= 15 is 0 Å². The Morgan fingerprint density at radius 1 is 0.933 bits per heavy atom. The van der Waals surface area contributed by atoms with Gasteiger partial charge in [0.15, 0.2) is 0 Å². The molecule has 3 saturated heterocycles. The Bertz CT molecular complexity index is 3180. The van der Waals surface area contributed by atoms with Crippen molar-refractivity contribution < 1.29 is 19.5 Å².